The molecule has 8 nitrogen and oxygen atoms in total. The van der Waals surface area contributed by atoms with Crippen LogP contribution in [0.1, 0.15) is 25.1 Å². The minimum atomic E-state index is -0.976. The zero-order valence-corrected chi connectivity index (χ0v) is 11.8. The molecule has 1 aromatic heterocycles. The Labute approximate surface area is 115 Å². The van der Waals surface area contributed by atoms with Crippen molar-refractivity contribution in [2.24, 2.45) is 0 Å². The summed E-state index contributed by atoms with van der Waals surface area (Å²) < 4.78 is 0. The number of carbonyl (C=O) groups excluding carboxylic acids is 3. The molecule has 0 saturated carbocycles. The van der Waals surface area contributed by atoms with Gasteiger partial charge in [0.2, 0.25) is 5.91 Å². The number of nitrogens with one attached hydrogen (secondary N) is 3. The second-order valence-corrected chi connectivity index (χ2v) is 5.32. The Morgan fingerprint density at radius 3 is 2.45 bits per heavy atom. The SMILES string of the molecule is Cc1[nH]nc(NC(=O)CN2C(=O)NC(C)(C)C2=O)c1C. The standard InChI is InChI=1S/C12H17N5O3/c1-6-7(2)15-16-9(6)13-8(18)5-17-10(19)12(3,4)14-11(17)20/h5H2,1-4H3,(H,14,20)(H2,13,15,16,18). The molecule has 3 N–H and O–H groups in total. The average Bonchev–Trinajstić information content (AvgIpc) is 2.74. The van der Waals surface area contributed by atoms with Gasteiger partial charge in [0.05, 0.1) is 0 Å². The first-order valence-electron chi connectivity index (χ1n) is 6.18. The lowest BCUT2D eigenvalue weighted by Crippen LogP contribution is -2.41. The van der Waals surface area contributed by atoms with E-state index in [1.807, 2.05) is 13.8 Å². The first kappa shape index (κ1) is 14.0. The molecule has 0 aromatic carbocycles. The third kappa shape index (κ3) is 2.36. The number of imide groups is 1. The molecule has 0 bridgehead atoms. The van der Waals surface area contributed by atoms with Crippen LogP contribution >= 0.6 is 0 Å². The van der Waals surface area contributed by atoms with Gasteiger partial charge >= 0.3 is 6.03 Å². The topological polar surface area (TPSA) is 107 Å². The molecule has 8 heteroatoms. The monoisotopic (exact) mass is 279 g/mol. The predicted octanol–water partition coefficient (Wildman–Crippen LogP) is 0.295. The Balaban J connectivity index is 2.04. The van der Waals surface area contributed by atoms with E-state index in [4.69, 9.17) is 0 Å². The van der Waals surface area contributed by atoms with E-state index in [1.54, 1.807) is 13.8 Å². The highest BCUT2D eigenvalue weighted by molar-refractivity contribution is 6.09. The molecule has 0 unspecified atom stereocenters. The Kier molecular flexibility index (Phi) is 3.24. The average molecular weight is 279 g/mol. The number of H-pyrrole nitrogens is 1. The molecule has 1 saturated heterocycles. The summed E-state index contributed by atoms with van der Waals surface area (Å²) in [7, 11) is 0. The molecule has 0 aliphatic carbocycles. The first-order valence-corrected chi connectivity index (χ1v) is 6.18. The summed E-state index contributed by atoms with van der Waals surface area (Å²) in [6, 6.07) is -0.565. The van der Waals surface area contributed by atoms with Gasteiger partial charge in [0.25, 0.3) is 5.91 Å². The van der Waals surface area contributed by atoms with E-state index in [-0.39, 0.29) is 6.54 Å². The summed E-state index contributed by atoms with van der Waals surface area (Å²) >= 11 is 0. The van der Waals surface area contributed by atoms with Crippen LogP contribution in [-0.4, -0.2) is 45.0 Å². The van der Waals surface area contributed by atoms with Crippen LogP contribution in [0.25, 0.3) is 0 Å². The van der Waals surface area contributed by atoms with Crippen LogP contribution in [0.3, 0.4) is 0 Å². The molecule has 0 atom stereocenters. The molecule has 1 fully saturated rings. The second-order valence-electron chi connectivity index (χ2n) is 5.32. The van der Waals surface area contributed by atoms with Crippen LogP contribution < -0.4 is 10.6 Å². The molecule has 2 heterocycles. The highest BCUT2D eigenvalue weighted by atomic mass is 16.2. The summed E-state index contributed by atoms with van der Waals surface area (Å²) in [5, 5.41) is 11.8. The summed E-state index contributed by atoms with van der Waals surface area (Å²) in [5.74, 6) is -0.493. The number of aromatic nitrogens is 2. The molecule has 1 aromatic rings. The fourth-order valence-electron chi connectivity index (χ4n) is 1.88. The van der Waals surface area contributed by atoms with Gasteiger partial charge in [-0.15, -0.1) is 0 Å². The lowest BCUT2D eigenvalue weighted by Gasteiger charge is -2.15. The molecular formula is C12H17N5O3. The molecule has 0 radical (unpaired) electrons. The number of urea groups is 1. The third-order valence-corrected chi connectivity index (χ3v) is 3.26. The molecule has 20 heavy (non-hydrogen) atoms. The van der Waals surface area contributed by atoms with Gasteiger partial charge in [-0.3, -0.25) is 19.6 Å². The zero-order valence-electron chi connectivity index (χ0n) is 11.8. The van der Waals surface area contributed by atoms with Gasteiger partial charge in [0.15, 0.2) is 5.82 Å². The number of carbonyl (C=O) groups is 3. The number of amides is 4. The number of hydrogen-bond acceptors (Lipinski definition) is 4. The van der Waals surface area contributed by atoms with E-state index in [2.05, 4.69) is 20.8 Å². The van der Waals surface area contributed by atoms with Crippen molar-refractivity contribution in [1.29, 1.82) is 0 Å². The molecule has 108 valence electrons. The van der Waals surface area contributed by atoms with E-state index < -0.39 is 23.4 Å². The minimum absolute atomic E-state index is 0.334. The Morgan fingerprint density at radius 2 is 2.00 bits per heavy atom. The first-order chi connectivity index (χ1) is 9.22. The maximum absolute atomic E-state index is 11.9. The van der Waals surface area contributed by atoms with Crippen molar-refractivity contribution in [2.75, 3.05) is 11.9 Å². The number of aryl methyl sites for hydroxylation is 1. The van der Waals surface area contributed by atoms with Crippen molar-refractivity contribution in [2.45, 2.75) is 33.2 Å². The lowest BCUT2D eigenvalue weighted by atomic mass is 10.1. The Hall–Kier alpha value is -2.38. The minimum Gasteiger partial charge on any atom is -0.324 e. The van der Waals surface area contributed by atoms with Gasteiger partial charge in [-0.25, -0.2) is 4.79 Å². The van der Waals surface area contributed by atoms with Crippen molar-refractivity contribution < 1.29 is 14.4 Å². The Bertz CT molecular complexity index is 590. The highest BCUT2D eigenvalue weighted by Gasteiger charge is 2.44. The van der Waals surface area contributed by atoms with Crippen LogP contribution in [0, 0.1) is 13.8 Å². The molecule has 1 aliphatic rings. The summed E-state index contributed by atoms with van der Waals surface area (Å²) in [5.41, 5.74) is 0.684. The summed E-state index contributed by atoms with van der Waals surface area (Å²) in [6.45, 7) is 6.49. The maximum Gasteiger partial charge on any atom is 0.325 e. The lowest BCUT2D eigenvalue weighted by molar-refractivity contribution is -0.132. The van der Waals surface area contributed by atoms with Crippen LogP contribution in [0.4, 0.5) is 10.6 Å². The van der Waals surface area contributed by atoms with Crippen molar-refractivity contribution in [1.82, 2.24) is 20.4 Å². The quantitative estimate of drug-likeness (QED) is 0.691. The largest absolute Gasteiger partial charge is 0.325 e. The molecule has 1 aliphatic heterocycles. The van der Waals surface area contributed by atoms with Crippen LogP contribution in [0.5, 0.6) is 0 Å². The van der Waals surface area contributed by atoms with Crippen molar-refractivity contribution in [3.63, 3.8) is 0 Å². The highest BCUT2D eigenvalue weighted by Crippen LogP contribution is 2.17. The van der Waals surface area contributed by atoms with E-state index in [0.29, 0.717) is 5.82 Å². The molecule has 0 spiro atoms. The molecule has 4 amide bonds. The van der Waals surface area contributed by atoms with Gasteiger partial charge < -0.3 is 10.6 Å². The van der Waals surface area contributed by atoms with Crippen molar-refractivity contribution in [3.8, 4) is 0 Å². The number of rotatable bonds is 3. The van der Waals surface area contributed by atoms with E-state index >= 15 is 0 Å². The van der Waals surface area contributed by atoms with Gasteiger partial charge in [0.1, 0.15) is 12.1 Å². The second kappa shape index (κ2) is 4.62. The summed E-state index contributed by atoms with van der Waals surface area (Å²) in [4.78, 5) is 36.4. The molecular weight excluding hydrogens is 262 g/mol. The number of aromatic amines is 1. The van der Waals surface area contributed by atoms with Crippen molar-refractivity contribution in [3.05, 3.63) is 11.3 Å². The normalized spacial score (nSPS) is 17.3. The van der Waals surface area contributed by atoms with Gasteiger partial charge in [-0.2, -0.15) is 5.10 Å². The van der Waals surface area contributed by atoms with Crippen LogP contribution in [0.15, 0.2) is 0 Å². The smallest absolute Gasteiger partial charge is 0.324 e. The number of hydrogen-bond donors (Lipinski definition) is 3. The van der Waals surface area contributed by atoms with Crippen molar-refractivity contribution >= 4 is 23.7 Å². The fourth-order valence-corrected chi connectivity index (χ4v) is 1.88. The van der Waals surface area contributed by atoms with E-state index in [9.17, 15) is 14.4 Å². The number of nitrogens with zero attached hydrogens (tertiary/aromatic N) is 2. The number of anilines is 1. The maximum atomic E-state index is 11.9. The Morgan fingerprint density at radius 1 is 1.35 bits per heavy atom. The fraction of sp³-hybridized carbons (Fsp3) is 0.500. The predicted molar refractivity (Wildman–Crippen MR) is 71.0 cm³/mol. The summed E-state index contributed by atoms with van der Waals surface area (Å²) in [6.07, 6.45) is 0. The van der Waals surface area contributed by atoms with Gasteiger partial charge in [-0.05, 0) is 27.7 Å². The van der Waals surface area contributed by atoms with Gasteiger partial charge in [0, 0.05) is 11.3 Å². The van der Waals surface area contributed by atoms with Gasteiger partial charge in [-0.1, -0.05) is 0 Å². The third-order valence-electron chi connectivity index (χ3n) is 3.26. The van der Waals surface area contributed by atoms with E-state index in [1.165, 1.54) is 0 Å². The zero-order chi connectivity index (χ0) is 15.1. The van der Waals surface area contributed by atoms with Crippen LogP contribution in [-0.2, 0) is 9.59 Å². The molecule has 2 rings (SSSR count). The van der Waals surface area contributed by atoms with E-state index in [0.717, 1.165) is 16.2 Å². The van der Waals surface area contributed by atoms with Crippen LogP contribution in [0.2, 0.25) is 0 Å².